The molecule has 1 aliphatic carbocycles. The van der Waals surface area contributed by atoms with Crippen LogP contribution in [-0.4, -0.2) is 13.2 Å². The number of nitrogens with one attached hydrogen (secondary N) is 1. The van der Waals surface area contributed by atoms with Gasteiger partial charge in [-0.15, -0.1) is 0 Å². The molecule has 3 rings (SSSR count). The Balaban J connectivity index is 1.60. The van der Waals surface area contributed by atoms with Gasteiger partial charge in [0.2, 0.25) is 0 Å². The number of ether oxygens (including phenoxy) is 1. The van der Waals surface area contributed by atoms with Crippen molar-refractivity contribution in [3.8, 4) is 5.75 Å². The molecule has 1 aliphatic rings. The molecule has 2 nitrogen and oxygen atoms in total. The lowest BCUT2D eigenvalue weighted by Gasteiger charge is -2.37. The summed E-state index contributed by atoms with van der Waals surface area (Å²) in [6.45, 7) is 2.14. The molecule has 1 N–H and O–H groups in total. The highest BCUT2D eigenvalue weighted by molar-refractivity contribution is 9.10. The van der Waals surface area contributed by atoms with Crippen LogP contribution in [0.25, 0.3) is 0 Å². The Hall–Kier alpha value is -1.48. The molecule has 2 aromatic rings. The summed E-state index contributed by atoms with van der Waals surface area (Å²) in [5.74, 6) is 1.60. The van der Waals surface area contributed by atoms with E-state index in [2.05, 4.69) is 64.6 Å². The largest absolute Gasteiger partial charge is 0.497 e. The minimum Gasteiger partial charge on any atom is -0.497 e. The molecular weight excluding hydrogens is 326 g/mol. The van der Waals surface area contributed by atoms with Crippen molar-refractivity contribution >= 4 is 21.6 Å². The fourth-order valence-corrected chi connectivity index (χ4v) is 3.39. The average molecular weight is 346 g/mol. The van der Waals surface area contributed by atoms with Gasteiger partial charge in [-0.1, -0.05) is 28.1 Å². The van der Waals surface area contributed by atoms with Crippen LogP contribution in [0.2, 0.25) is 0 Å². The number of halogens is 1. The smallest absolute Gasteiger partial charge is 0.119 e. The Labute approximate surface area is 134 Å². The first-order valence-electron chi connectivity index (χ1n) is 7.32. The monoisotopic (exact) mass is 345 g/mol. The van der Waals surface area contributed by atoms with Gasteiger partial charge < -0.3 is 10.1 Å². The first kappa shape index (κ1) is 14.5. The SMILES string of the molecule is COc1cccc(C2CC(Nc3ccc(Br)cc3C)C2)c1. The number of benzene rings is 2. The second-order valence-electron chi connectivity index (χ2n) is 5.75. The van der Waals surface area contributed by atoms with E-state index < -0.39 is 0 Å². The lowest BCUT2D eigenvalue weighted by Crippen LogP contribution is -2.34. The first-order chi connectivity index (χ1) is 10.2. The summed E-state index contributed by atoms with van der Waals surface area (Å²) >= 11 is 3.51. The maximum atomic E-state index is 5.30. The zero-order valence-electron chi connectivity index (χ0n) is 12.4. The van der Waals surface area contributed by atoms with Crippen molar-refractivity contribution in [1.82, 2.24) is 0 Å². The fraction of sp³-hybridized carbons (Fsp3) is 0.333. The second-order valence-corrected chi connectivity index (χ2v) is 6.66. The van der Waals surface area contributed by atoms with Gasteiger partial charge in [0.15, 0.2) is 0 Å². The summed E-state index contributed by atoms with van der Waals surface area (Å²) in [5.41, 5.74) is 3.92. The number of anilines is 1. The van der Waals surface area contributed by atoms with Gasteiger partial charge in [-0.3, -0.25) is 0 Å². The van der Waals surface area contributed by atoms with Gasteiger partial charge in [-0.25, -0.2) is 0 Å². The van der Waals surface area contributed by atoms with Crippen LogP contribution in [0.4, 0.5) is 5.69 Å². The van der Waals surface area contributed by atoms with E-state index in [1.807, 2.05) is 6.07 Å². The molecule has 0 amide bonds. The van der Waals surface area contributed by atoms with Gasteiger partial charge in [-0.2, -0.15) is 0 Å². The van der Waals surface area contributed by atoms with Crippen molar-refractivity contribution in [3.63, 3.8) is 0 Å². The fourth-order valence-electron chi connectivity index (χ4n) is 2.91. The van der Waals surface area contributed by atoms with E-state index in [0.29, 0.717) is 12.0 Å². The molecule has 2 aromatic carbocycles. The maximum Gasteiger partial charge on any atom is 0.119 e. The topological polar surface area (TPSA) is 21.3 Å². The molecule has 0 atom stereocenters. The molecule has 21 heavy (non-hydrogen) atoms. The highest BCUT2D eigenvalue weighted by Gasteiger charge is 2.30. The maximum absolute atomic E-state index is 5.30. The highest BCUT2D eigenvalue weighted by Crippen LogP contribution is 2.39. The van der Waals surface area contributed by atoms with Crippen molar-refractivity contribution in [2.75, 3.05) is 12.4 Å². The van der Waals surface area contributed by atoms with Crippen LogP contribution in [0.1, 0.15) is 29.9 Å². The number of aryl methyl sites for hydroxylation is 1. The van der Waals surface area contributed by atoms with Crippen LogP contribution < -0.4 is 10.1 Å². The second kappa shape index (κ2) is 6.10. The van der Waals surface area contributed by atoms with Crippen molar-refractivity contribution in [3.05, 3.63) is 58.1 Å². The van der Waals surface area contributed by atoms with Crippen LogP contribution in [0.15, 0.2) is 46.9 Å². The zero-order chi connectivity index (χ0) is 14.8. The van der Waals surface area contributed by atoms with Gasteiger partial charge in [0.25, 0.3) is 0 Å². The highest BCUT2D eigenvalue weighted by atomic mass is 79.9. The predicted octanol–water partition coefficient (Wildman–Crippen LogP) is 5.12. The summed E-state index contributed by atoms with van der Waals surface area (Å²) in [5, 5.41) is 3.65. The molecule has 0 spiro atoms. The van der Waals surface area contributed by atoms with Gasteiger partial charge >= 0.3 is 0 Å². The van der Waals surface area contributed by atoms with E-state index in [0.717, 1.165) is 10.2 Å². The third-order valence-electron chi connectivity index (χ3n) is 4.25. The van der Waals surface area contributed by atoms with Crippen LogP contribution in [0.5, 0.6) is 5.75 Å². The van der Waals surface area contributed by atoms with E-state index >= 15 is 0 Å². The molecule has 0 aliphatic heterocycles. The minimum atomic E-state index is 0.570. The van der Waals surface area contributed by atoms with Gasteiger partial charge in [0.05, 0.1) is 7.11 Å². The normalized spacial score (nSPS) is 20.7. The van der Waals surface area contributed by atoms with Gasteiger partial charge in [-0.05, 0) is 67.1 Å². The molecule has 0 unspecified atom stereocenters. The molecular formula is C18H20BrNO. The van der Waals surface area contributed by atoms with Gasteiger partial charge in [0, 0.05) is 16.2 Å². The summed E-state index contributed by atoms with van der Waals surface area (Å²) in [7, 11) is 1.72. The Morgan fingerprint density at radius 2 is 1.95 bits per heavy atom. The number of methoxy groups -OCH3 is 1. The molecule has 3 heteroatoms. The van der Waals surface area contributed by atoms with E-state index in [4.69, 9.17) is 4.74 Å². The van der Waals surface area contributed by atoms with Crippen LogP contribution in [0, 0.1) is 6.92 Å². The summed E-state index contributed by atoms with van der Waals surface area (Å²) < 4.78 is 6.44. The first-order valence-corrected chi connectivity index (χ1v) is 8.11. The molecule has 0 saturated heterocycles. The Morgan fingerprint density at radius 3 is 2.67 bits per heavy atom. The lowest BCUT2D eigenvalue weighted by atomic mass is 9.75. The summed E-state index contributed by atoms with van der Waals surface area (Å²) in [6.07, 6.45) is 2.37. The van der Waals surface area contributed by atoms with Crippen molar-refractivity contribution in [2.45, 2.75) is 31.7 Å². The molecule has 1 saturated carbocycles. The molecule has 1 fully saturated rings. The minimum absolute atomic E-state index is 0.570. The average Bonchev–Trinajstić information content (AvgIpc) is 2.44. The molecule has 0 bridgehead atoms. The van der Waals surface area contributed by atoms with Gasteiger partial charge in [0.1, 0.15) is 5.75 Å². The van der Waals surface area contributed by atoms with Crippen molar-refractivity contribution in [2.24, 2.45) is 0 Å². The third-order valence-corrected chi connectivity index (χ3v) is 4.74. The molecule has 0 aromatic heterocycles. The van der Waals surface area contributed by atoms with E-state index in [1.54, 1.807) is 7.11 Å². The molecule has 0 radical (unpaired) electrons. The van der Waals surface area contributed by atoms with Crippen molar-refractivity contribution in [1.29, 1.82) is 0 Å². The number of rotatable bonds is 4. The number of hydrogen-bond acceptors (Lipinski definition) is 2. The molecule has 110 valence electrons. The summed E-state index contributed by atoms with van der Waals surface area (Å²) in [6, 6.07) is 15.4. The number of hydrogen-bond donors (Lipinski definition) is 1. The molecule has 0 heterocycles. The quantitative estimate of drug-likeness (QED) is 0.829. The summed E-state index contributed by atoms with van der Waals surface area (Å²) in [4.78, 5) is 0. The predicted molar refractivity (Wildman–Crippen MR) is 91.3 cm³/mol. The lowest BCUT2D eigenvalue weighted by molar-refractivity contribution is 0.370. The van der Waals surface area contributed by atoms with E-state index in [-0.39, 0.29) is 0 Å². The van der Waals surface area contributed by atoms with Crippen molar-refractivity contribution < 1.29 is 4.74 Å². The van der Waals surface area contributed by atoms with Crippen LogP contribution >= 0.6 is 15.9 Å². The van der Waals surface area contributed by atoms with Crippen LogP contribution in [0.3, 0.4) is 0 Å². The van der Waals surface area contributed by atoms with E-state index in [1.165, 1.54) is 29.7 Å². The standard InChI is InChI=1S/C18H20BrNO/c1-12-8-15(19)6-7-18(12)20-16-9-14(10-16)13-4-3-5-17(11-13)21-2/h3-8,11,14,16,20H,9-10H2,1-2H3. The third kappa shape index (κ3) is 3.24. The van der Waals surface area contributed by atoms with E-state index in [9.17, 15) is 0 Å². The Kier molecular flexibility index (Phi) is 4.20. The Morgan fingerprint density at radius 1 is 1.14 bits per heavy atom. The zero-order valence-corrected chi connectivity index (χ0v) is 14.0. The Bertz CT molecular complexity index is 635. The van der Waals surface area contributed by atoms with Crippen LogP contribution in [-0.2, 0) is 0 Å².